The topological polar surface area (TPSA) is 66.5 Å². The summed E-state index contributed by atoms with van der Waals surface area (Å²) in [5.41, 5.74) is 2.94. The molecule has 4 atom stereocenters. The zero-order chi connectivity index (χ0) is 26.9. The van der Waals surface area contributed by atoms with Gasteiger partial charge in [0.15, 0.2) is 11.6 Å². The number of amides is 1. The average Bonchev–Trinajstić information content (AvgIpc) is 3.66. The van der Waals surface area contributed by atoms with Gasteiger partial charge in [-0.2, -0.15) is 0 Å². The van der Waals surface area contributed by atoms with Crippen LogP contribution >= 0.6 is 11.3 Å². The Labute approximate surface area is 228 Å². The van der Waals surface area contributed by atoms with Crippen LogP contribution in [-0.4, -0.2) is 29.6 Å². The van der Waals surface area contributed by atoms with Crippen molar-refractivity contribution in [3.8, 4) is 0 Å². The number of halogens is 1. The molecule has 1 N–H and O–H groups in total. The van der Waals surface area contributed by atoms with E-state index in [2.05, 4.69) is 5.32 Å². The van der Waals surface area contributed by atoms with Crippen molar-refractivity contribution in [3.05, 3.63) is 124 Å². The van der Waals surface area contributed by atoms with E-state index in [4.69, 9.17) is 0 Å². The number of nitrogens with zero attached hydrogens (tertiary/aromatic N) is 1. The quantitative estimate of drug-likeness (QED) is 0.320. The van der Waals surface area contributed by atoms with Crippen molar-refractivity contribution in [2.75, 3.05) is 10.2 Å². The first kappa shape index (κ1) is 23.7. The maximum atomic E-state index is 14.6. The second-order valence-corrected chi connectivity index (χ2v) is 11.2. The van der Waals surface area contributed by atoms with E-state index in [1.165, 1.54) is 35.6 Å². The van der Waals surface area contributed by atoms with Crippen LogP contribution in [0.4, 0.5) is 15.8 Å². The fourth-order valence-electron chi connectivity index (χ4n) is 6.75. The number of para-hydroxylation sites is 2. The number of fused-ring (bicyclic) bond motifs is 6. The highest BCUT2D eigenvalue weighted by molar-refractivity contribution is 7.12. The number of thiophene rings is 1. The Balaban J connectivity index is 1.56. The molecule has 1 aromatic heterocycles. The largest absolute Gasteiger partial charge is 0.352 e. The third-order valence-electron chi connectivity index (χ3n) is 8.33. The number of Topliss-reactive ketones (excluding diaryl/α,β-unsaturated/α-hetero) is 2. The summed E-state index contributed by atoms with van der Waals surface area (Å²) >= 11 is 1.31. The van der Waals surface area contributed by atoms with Gasteiger partial charge in [-0.25, -0.2) is 4.39 Å². The molecule has 0 radical (unpaired) electrons. The fourth-order valence-corrected chi connectivity index (χ4v) is 7.44. The maximum absolute atomic E-state index is 14.6. The average molecular weight is 535 g/mol. The molecule has 7 rings (SSSR count). The molecule has 1 saturated heterocycles. The van der Waals surface area contributed by atoms with Gasteiger partial charge in [-0.05, 0) is 65.9 Å². The van der Waals surface area contributed by atoms with Crippen molar-refractivity contribution >= 4 is 45.8 Å². The Hall–Kier alpha value is -4.36. The smallest absolute Gasteiger partial charge is 0.238 e. The number of hydrogen-bond acceptors (Lipinski definition) is 5. The number of rotatable bonds is 4. The Morgan fingerprint density at radius 3 is 2.44 bits per heavy atom. The maximum Gasteiger partial charge on any atom is 0.238 e. The van der Waals surface area contributed by atoms with E-state index >= 15 is 0 Å². The molecule has 1 spiro atoms. The van der Waals surface area contributed by atoms with Crippen LogP contribution in [0.15, 0.2) is 96.4 Å². The molecule has 3 aromatic carbocycles. The lowest BCUT2D eigenvalue weighted by molar-refractivity contribution is -0.121. The number of benzene rings is 3. The summed E-state index contributed by atoms with van der Waals surface area (Å²) in [6.07, 6.45) is 2.02. The Bertz CT molecular complexity index is 1690. The van der Waals surface area contributed by atoms with Crippen LogP contribution in [0.1, 0.15) is 38.1 Å². The molecule has 192 valence electrons. The monoisotopic (exact) mass is 534 g/mol. The minimum atomic E-state index is -1.38. The van der Waals surface area contributed by atoms with Crippen molar-refractivity contribution in [3.63, 3.8) is 0 Å². The first-order valence-corrected chi connectivity index (χ1v) is 13.7. The molecule has 0 saturated carbocycles. The summed E-state index contributed by atoms with van der Waals surface area (Å²) in [6, 6.07) is 22.5. The van der Waals surface area contributed by atoms with Crippen LogP contribution < -0.4 is 10.2 Å². The van der Waals surface area contributed by atoms with Crippen molar-refractivity contribution in [2.45, 2.75) is 24.4 Å². The first-order chi connectivity index (χ1) is 18.9. The SMILES string of the molecule is CC1=C[C@@H]2N(c3ccccc31)[C@H](C(=O)c1cccs1)[C@H](C(=O)c1ccc(F)cc1)[C@]21C(=O)Nc2ccccc21. The molecule has 0 unspecified atom stereocenters. The van der Waals surface area contributed by atoms with E-state index in [1.807, 2.05) is 77.9 Å². The van der Waals surface area contributed by atoms with Crippen LogP contribution in [0.3, 0.4) is 0 Å². The first-order valence-electron chi connectivity index (χ1n) is 12.8. The van der Waals surface area contributed by atoms with Gasteiger partial charge in [-0.3, -0.25) is 14.4 Å². The molecule has 0 aliphatic carbocycles. The molecular formula is C32H23FN2O3S. The van der Waals surface area contributed by atoms with Gasteiger partial charge in [0.1, 0.15) is 17.3 Å². The zero-order valence-corrected chi connectivity index (χ0v) is 21.7. The Morgan fingerprint density at radius 2 is 1.67 bits per heavy atom. The van der Waals surface area contributed by atoms with Gasteiger partial charge in [0, 0.05) is 22.5 Å². The standard InChI is InChI=1S/C32H23FN2O3S/c1-18-17-26-32(22-8-3-4-9-23(22)34-31(32)38)27(29(36)19-12-14-20(33)15-13-19)28(30(37)25-11-6-16-39-25)35(26)24-10-5-2-7-21(18)24/h2-17,26-28H,1H3,(H,34,38)/t26-,27+,28-,32+/m0/s1. The molecule has 3 aliphatic rings. The molecule has 1 fully saturated rings. The lowest BCUT2D eigenvalue weighted by Crippen LogP contribution is -2.51. The van der Waals surface area contributed by atoms with Crippen LogP contribution in [-0.2, 0) is 10.2 Å². The predicted octanol–water partition coefficient (Wildman–Crippen LogP) is 6.13. The molecule has 39 heavy (non-hydrogen) atoms. The third kappa shape index (κ3) is 3.20. The van der Waals surface area contributed by atoms with E-state index < -0.39 is 29.2 Å². The van der Waals surface area contributed by atoms with E-state index in [0.29, 0.717) is 16.1 Å². The summed E-state index contributed by atoms with van der Waals surface area (Å²) in [4.78, 5) is 45.8. The number of nitrogens with one attached hydrogen (secondary N) is 1. The summed E-state index contributed by atoms with van der Waals surface area (Å²) in [5, 5.41) is 4.86. The van der Waals surface area contributed by atoms with Gasteiger partial charge in [0.05, 0.1) is 16.8 Å². The number of anilines is 2. The van der Waals surface area contributed by atoms with Crippen LogP contribution in [0.5, 0.6) is 0 Å². The van der Waals surface area contributed by atoms with E-state index in [1.54, 1.807) is 6.07 Å². The number of allylic oxidation sites excluding steroid dienone is 1. The zero-order valence-electron chi connectivity index (χ0n) is 20.9. The van der Waals surface area contributed by atoms with Crippen molar-refractivity contribution < 1.29 is 18.8 Å². The normalized spacial score (nSPS) is 24.6. The number of hydrogen-bond donors (Lipinski definition) is 1. The predicted molar refractivity (Wildman–Crippen MR) is 150 cm³/mol. The molecule has 1 amide bonds. The summed E-state index contributed by atoms with van der Waals surface area (Å²) < 4.78 is 13.9. The van der Waals surface area contributed by atoms with Crippen LogP contribution in [0.25, 0.3) is 5.57 Å². The van der Waals surface area contributed by atoms with Gasteiger partial charge in [0.25, 0.3) is 0 Å². The van der Waals surface area contributed by atoms with E-state index in [0.717, 1.165) is 16.8 Å². The summed E-state index contributed by atoms with van der Waals surface area (Å²) in [7, 11) is 0. The van der Waals surface area contributed by atoms with E-state index in [9.17, 15) is 18.8 Å². The molecule has 5 nitrogen and oxygen atoms in total. The highest BCUT2D eigenvalue weighted by Crippen LogP contribution is 2.58. The molecule has 4 aromatic rings. The van der Waals surface area contributed by atoms with Gasteiger partial charge < -0.3 is 10.2 Å². The van der Waals surface area contributed by atoms with Crippen LogP contribution in [0, 0.1) is 11.7 Å². The molecule has 7 heteroatoms. The van der Waals surface area contributed by atoms with Gasteiger partial charge >= 0.3 is 0 Å². The third-order valence-corrected chi connectivity index (χ3v) is 9.21. The summed E-state index contributed by atoms with van der Waals surface area (Å²) in [5.74, 6) is -2.43. The molecule has 3 aliphatic heterocycles. The highest BCUT2D eigenvalue weighted by atomic mass is 32.1. The van der Waals surface area contributed by atoms with Gasteiger partial charge in [-0.1, -0.05) is 48.5 Å². The minimum absolute atomic E-state index is 0.215. The molecular weight excluding hydrogens is 511 g/mol. The lowest BCUT2D eigenvalue weighted by atomic mass is 9.64. The number of carbonyl (C=O) groups is 3. The second-order valence-electron chi connectivity index (χ2n) is 10.2. The highest BCUT2D eigenvalue weighted by Gasteiger charge is 2.70. The second kappa shape index (κ2) is 8.58. The Kier molecular flexibility index (Phi) is 5.22. The molecule has 4 heterocycles. The number of carbonyl (C=O) groups excluding carboxylic acids is 3. The van der Waals surface area contributed by atoms with Gasteiger partial charge in [-0.15, -0.1) is 11.3 Å². The van der Waals surface area contributed by atoms with Crippen molar-refractivity contribution in [2.24, 2.45) is 5.92 Å². The van der Waals surface area contributed by atoms with Gasteiger partial charge in [0.2, 0.25) is 5.91 Å². The fraction of sp³-hybridized carbons (Fsp3) is 0.156. The number of ketones is 2. The summed E-state index contributed by atoms with van der Waals surface area (Å²) in [6.45, 7) is 1.99. The van der Waals surface area contributed by atoms with E-state index in [-0.39, 0.29) is 23.0 Å². The lowest BCUT2D eigenvalue weighted by Gasteiger charge is -2.39. The minimum Gasteiger partial charge on any atom is -0.352 e. The van der Waals surface area contributed by atoms with Crippen LogP contribution in [0.2, 0.25) is 0 Å². The molecule has 0 bridgehead atoms. The van der Waals surface area contributed by atoms with Crippen molar-refractivity contribution in [1.29, 1.82) is 0 Å². The van der Waals surface area contributed by atoms with Crippen molar-refractivity contribution in [1.82, 2.24) is 0 Å². The Morgan fingerprint density at radius 1 is 0.923 bits per heavy atom.